The van der Waals surface area contributed by atoms with E-state index < -0.39 is 46.8 Å². The third kappa shape index (κ3) is 5.93. The number of halogens is 2. The number of thiocarbonyl (C=S) groups is 1. The predicted octanol–water partition coefficient (Wildman–Crippen LogP) is 1.15. The molecule has 284 valence electrons. The number of hydrogen-bond donors (Lipinski definition) is 3. The van der Waals surface area contributed by atoms with Crippen molar-refractivity contribution in [3.63, 3.8) is 0 Å². The number of hydrazone groups is 1. The molecule has 4 fully saturated rings. The van der Waals surface area contributed by atoms with Crippen LogP contribution < -0.4 is 25.7 Å². The highest BCUT2D eigenvalue weighted by Gasteiger charge is 2.57. The summed E-state index contributed by atoms with van der Waals surface area (Å²) in [4.78, 5) is 59.2. The lowest BCUT2D eigenvalue weighted by Gasteiger charge is -2.37. The lowest BCUT2D eigenvalue weighted by atomic mass is 9.89. The van der Waals surface area contributed by atoms with Crippen LogP contribution in [0.3, 0.4) is 0 Å². The summed E-state index contributed by atoms with van der Waals surface area (Å²) in [6.45, 7) is 0.996. The second-order valence-electron chi connectivity index (χ2n) is 14.5. The van der Waals surface area contributed by atoms with Crippen molar-refractivity contribution in [3.8, 4) is 5.75 Å². The maximum Gasteiger partial charge on any atom is 0.316 e. The summed E-state index contributed by atoms with van der Waals surface area (Å²) in [5.41, 5.74) is 6.07. The van der Waals surface area contributed by atoms with Gasteiger partial charge in [0.2, 0.25) is 11.6 Å². The molecule has 2 aliphatic carbocycles. The molecule has 1 aromatic carbocycles. The number of amides is 2. The topological polar surface area (TPSA) is 192 Å². The lowest BCUT2D eigenvalue weighted by Crippen LogP contribution is -2.49. The van der Waals surface area contributed by atoms with Crippen LogP contribution in [-0.2, 0) is 27.5 Å². The van der Waals surface area contributed by atoms with Crippen LogP contribution in [0.2, 0.25) is 0 Å². The minimum atomic E-state index is -2.22. The Labute approximate surface area is 313 Å². The Morgan fingerprint density at radius 2 is 1.98 bits per heavy atom. The summed E-state index contributed by atoms with van der Waals surface area (Å²) < 4.78 is 39.4. The van der Waals surface area contributed by atoms with E-state index in [1.54, 1.807) is 17.1 Å². The number of nitrogens with two attached hydrogens (primary N) is 1. The average Bonchev–Trinajstić information content (AvgIpc) is 3.67. The summed E-state index contributed by atoms with van der Waals surface area (Å²) in [5, 5.41) is 21.7. The van der Waals surface area contributed by atoms with Crippen LogP contribution in [0.5, 0.6) is 5.75 Å². The van der Waals surface area contributed by atoms with Crippen LogP contribution in [0.1, 0.15) is 41.7 Å². The summed E-state index contributed by atoms with van der Waals surface area (Å²) in [6.07, 6.45) is 10.7. The molecule has 5 atom stereocenters. The van der Waals surface area contributed by atoms with E-state index in [4.69, 9.17) is 22.7 Å². The molecule has 0 radical (unpaired) electrons. The average molecular weight is 765 g/mol. The number of nitrogens with one attached hydrogen (secondary N) is 1. The van der Waals surface area contributed by atoms with E-state index in [-0.39, 0.29) is 65.7 Å². The second kappa shape index (κ2) is 13.4. The molecule has 16 nitrogen and oxygen atoms in total. The van der Waals surface area contributed by atoms with E-state index in [2.05, 4.69) is 20.8 Å². The Hall–Kier alpha value is -5.46. The number of ether oxygens (including phenoxy) is 1. The molecule has 4 aliphatic heterocycles. The number of ketones is 1. The number of carboxylic acids is 1. The number of allylic oxidation sites excluding steroid dienone is 2. The molecule has 0 bridgehead atoms. The number of piperidine rings is 1. The number of aromatic nitrogens is 3. The standard InChI is InChI=1S/C35H38F2N10O6S/c1-53-30-27-21(29(49)22(33(51)52)15-46(27)20-7-8-20)11-23(36)28(30)43-12-18-5-4-10-45(24(18)16-43)26(48)17-44-13-19(39-42-44)14-47-25-6-2-3-9-35(25,37)31(32(47)50)40-41-34(38)54/h2-3,6,9,11,13,18,20,22,24-25H,4-5,7-8,10,12,14-17H2,1H3,(H,51,52)(H3,38,41,54)/b40-31+/t18-,22?,24+,25?,35?/m1/s1. The SMILES string of the molecule is COc1c(N2C[C@H]3CCCN(C(=O)Cn4cc(CN5C(=O)/C(=N\NC(N)=S)C6(F)C=CC=CC56)nn4)[C@H]3C2)c(F)cc2c1N(C1CC1)CC(C(=O)O)C2=O. The van der Waals surface area contributed by atoms with Gasteiger partial charge in [0, 0.05) is 37.8 Å². The molecule has 1 aromatic heterocycles. The Morgan fingerprint density at radius 1 is 1.19 bits per heavy atom. The molecule has 6 aliphatic rings. The minimum absolute atomic E-state index is 0.00579. The molecule has 2 amide bonds. The van der Waals surface area contributed by atoms with E-state index >= 15 is 8.78 Å². The second-order valence-corrected chi connectivity index (χ2v) is 14.9. The zero-order chi connectivity index (χ0) is 38.1. The fourth-order valence-corrected chi connectivity index (χ4v) is 8.64. The smallest absolute Gasteiger partial charge is 0.316 e. The van der Waals surface area contributed by atoms with E-state index in [0.29, 0.717) is 31.0 Å². The number of carbonyl (C=O) groups is 4. The molecule has 3 unspecified atom stereocenters. The van der Waals surface area contributed by atoms with Crippen molar-refractivity contribution in [1.82, 2.24) is 30.2 Å². The molecule has 54 heavy (non-hydrogen) atoms. The monoisotopic (exact) mass is 764 g/mol. The van der Waals surface area contributed by atoms with Gasteiger partial charge < -0.3 is 35.2 Å². The summed E-state index contributed by atoms with van der Waals surface area (Å²) in [5.74, 6) is -4.54. The zero-order valence-electron chi connectivity index (χ0n) is 29.2. The van der Waals surface area contributed by atoms with Gasteiger partial charge in [-0.05, 0) is 56.0 Å². The lowest BCUT2D eigenvalue weighted by molar-refractivity contribution is -0.140. The minimum Gasteiger partial charge on any atom is -0.492 e. The van der Waals surface area contributed by atoms with Gasteiger partial charge in [0.15, 0.2) is 28.2 Å². The van der Waals surface area contributed by atoms with Crippen molar-refractivity contribution in [2.75, 3.05) is 43.1 Å². The van der Waals surface area contributed by atoms with Gasteiger partial charge in [0.25, 0.3) is 5.91 Å². The van der Waals surface area contributed by atoms with Crippen molar-refractivity contribution in [1.29, 1.82) is 0 Å². The van der Waals surface area contributed by atoms with Crippen LogP contribution >= 0.6 is 12.2 Å². The normalized spacial score (nSPS) is 28.0. The predicted molar refractivity (Wildman–Crippen MR) is 193 cm³/mol. The van der Waals surface area contributed by atoms with Gasteiger partial charge >= 0.3 is 5.97 Å². The van der Waals surface area contributed by atoms with E-state index in [1.165, 1.54) is 35.0 Å². The van der Waals surface area contributed by atoms with Gasteiger partial charge in [0.1, 0.15) is 23.8 Å². The Kier molecular flexibility index (Phi) is 8.85. The number of carboxylic acid groups (broad SMARTS) is 1. The van der Waals surface area contributed by atoms with Crippen molar-refractivity contribution in [3.05, 3.63) is 53.6 Å². The molecule has 1 saturated carbocycles. The molecule has 3 saturated heterocycles. The first-order valence-corrected chi connectivity index (χ1v) is 18.2. The first-order valence-electron chi connectivity index (χ1n) is 17.8. The number of fused-ring (bicyclic) bond motifs is 3. The highest BCUT2D eigenvalue weighted by Crippen LogP contribution is 2.50. The maximum absolute atomic E-state index is 16.1. The molecule has 19 heteroatoms. The van der Waals surface area contributed by atoms with Crippen LogP contribution in [0.4, 0.5) is 20.2 Å². The molecule has 4 N–H and O–H groups in total. The molecule has 0 spiro atoms. The summed E-state index contributed by atoms with van der Waals surface area (Å²) in [7, 11) is 1.42. The van der Waals surface area contributed by atoms with Crippen molar-refractivity contribution in [2.45, 2.75) is 62.6 Å². The molecule has 2 aromatic rings. The van der Waals surface area contributed by atoms with E-state index in [0.717, 1.165) is 31.7 Å². The van der Waals surface area contributed by atoms with Gasteiger partial charge in [-0.1, -0.05) is 23.4 Å². The first-order chi connectivity index (χ1) is 25.9. The fraction of sp³-hybridized carbons (Fsp3) is 0.486. The molecule has 5 heterocycles. The molecule has 8 rings (SSSR count). The Morgan fingerprint density at radius 3 is 2.70 bits per heavy atom. The van der Waals surface area contributed by atoms with Crippen molar-refractivity contribution >= 4 is 58.0 Å². The number of Topliss-reactive ketones (excluding diaryl/α,β-unsaturated/α-hetero) is 1. The number of anilines is 2. The fourth-order valence-electron chi connectivity index (χ4n) is 8.59. The maximum atomic E-state index is 16.1. The Balaban J connectivity index is 0.988. The number of hydrogen-bond acceptors (Lipinski definition) is 11. The van der Waals surface area contributed by atoms with E-state index in [1.807, 2.05) is 9.80 Å². The quantitative estimate of drug-likeness (QED) is 0.188. The number of alkyl halides is 1. The number of likely N-dealkylation sites (tertiary alicyclic amines) is 2. The number of benzene rings is 1. The molecular weight excluding hydrogens is 727 g/mol. The van der Waals surface area contributed by atoms with Gasteiger partial charge in [-0.25, -0.2) is 13.5 Å². The van der Waals surface area contributed by atoms with Gasteiger partial charge in [-0.15, -0.1) is 5.10 Å². The number of methoxy groups -OCH3 is 1. The highest BCUT2D eigenvalue weighted by molar-refractivity contribution is 7.80. The van der Waals surface area contributed by atoms with Crippen LogP contribution in [0.15, 0.2) is 41.7 Å². The van der Waals surface area contributed by atoms with Crippen molar-refractivity contribution < 1.29 is 37.8 Å². The van der Waals surface area contributed by atoms with Crippen LogP contribution in [0, 0.1) is 17.7 Å². The molecular formula is C35H38F2N10O6S. The summed E-state index contributed by atoms with van der Waals surface area (Å²) >= 11 is 4.76. The van der Waals surface area contributed by atoms with E-state index in [9.17, 15) is 24.3 Å². The van der Waals surface area contributed by atoms with Crippen LogP contribution in [-0.4, -0.2) is 121 Å². The third-order valence-corrected chi connectivity index (χ3v) is 11.3. The van der Waals surface area contributed by atoms with Crippen molar-refractivity contribution in [2.24, 2.45) is 22.7 Å². The zero-order valence-corrected chi connectivity index (χ0v) is 30.0. The van der Waals surface area contributed by atoms with Gasteiger partial charge in [0.05, 0.1) is 37.6 Å². The number of rotatable bonds is 9. The number of carbonyl (C=O) groups excluding carboxylic acids is 3. The number of aliphatic carboxylic acids is 1. The van der Waals surface area contributed by atoms with Gasteiger partial charge in [-0.2, -0.15) is 5.10 Å². The highest BCUT2D eigenvalue weighted by atomic mass is 32.1. The Bertz CT molecular complexity index is 2050. The summed E-state index contributed by atoms with van der Waals surface area (Å²) in [6, 6.07) is -0.0684. The largest absolute Gasteiger partial charge is 0.492 e. The third-order valence-electron chi connectivity index (χ3n) is 11.2. The van der Waals surface area contributed by atoms with Gasteiger partial charge in [-0.3, -0.25) is 24.6 Å². The first kappa shape index (κ1) is 35.6. The van der Waals surface area contributed by atoms with Crippen LogP contribution in [0.25, 0.3) is 0 Å². The number of nitrogens with zero attached hydrogens (tertiary/aromatic N) is 8.